The van der Waals surface area contributed by atoms with E-state index in [1.54, 1.807) is 54.7 Å². The van der Waals surface area contributed by atoms with Crippen molar-refractivity contribution in [2.24, 2.45) is 17.2 Å². The minimum atomic E-state index is -1.69. The quantitative estimate of drug-likeness (QED) is 0.00686. The third kappa shape index (κ3) is 21.1. The van der Waals surface area contributed by atoms with Crippen LogP contribution in [0.2, 0.25) is 0 Å². The molecule has 21 N–H and O–H groups in total. The van der Waals surface area contributed by atoms with E-state index in [0.29, 0.717) is 28.1 Å². The van der Waals surface area contributed by atoms with Crippen LogP contribution in [0.5, 0.6) is 0 Å². The van der Waals surface area contributed by atoms with Crippen molar-refractivity contribution in [3.63, 3.8) is 0 Å². The number of fused-ring (bicyclic) bond motifs is 1. The topological polar surface area (TPSA) is 502 Å². The molecule has 8 atom stereocenters. The van der Waals surface area contributed by atoms with E-state index in [9.17, 15) is 57.8 Å². The maximum Gasteiger partial charge on any atom is 0.325 e. The van der Waals surface area contributed by atoms with E-state index in [1.165, 1.54) is 12.5 Å². The number of nitrogens with zero attached hydrogens (tertiary/aromatic N) is 2. The van der Waals surface area contributed by atoms with E-state index in [-0.39, 0.29) is 75.0 Å². The van der Waals surface area contributed by atoms with Crippen molar-refractivity contribution >= 4 is 113 Å². The Labute approximate surface area is 497 Å². The molecule has 1 saturated heterocycles. The molecule has 0 saturated carbocycles. The van der Waals surface area contributed by atoms with Gasteiger partial charge in [0.2, 0.25) is 47.3 Å². The number of rotatable bonds is 35. The van der Waals surface area contributed by atoms with E-state index < -0.39 is 133 Å². The van der Waals surface area contributed by atoms with Crippen LogP contribution in [0.4, 0.5) is 4.79 Å². The number of para-hydroxylation sites is 1. The van der Waals surface area contributed by atoms with Crippen LogP contribution in [0.25, 0.3) is 10.9 Å². The normalized spacial score (nSPS) is 15.3. The summed E-state index contributed by atoms with van der Waals surface area (Å²) in [5.41, 5.74) is 18.5. The molecule has 4 aromatic rings. The van der Waals surface area contributed by atoms with Crippen LogP contribution in [0.1, 0.15) is 55.3 Å². The average Bonchev–Trinajstić information content (AvgIpc) is 4.05. The van der Waals surface area contributed by atoms with Gasteiger partial charge in [-0.2, -0.15) is 25.3 Å². The van der Waals surface area contributed by atoms with Gasteiger partial charge < -0.3 is 85.4 Å². The van der Waals surface area contributed by atoms with E-state index in [2.05, 4.69) is 93.4 Å². The van der Waals surface area contributed by atoms with Gasteiger partial charge in [-0.3, -0.25) is 63.7 Å². The van der Waals surface area contributed by atoms with Gasteiger partial charge in [-0.25, -0.2) is 9.78 Å². The summed E-state index contributed by atoms with van der Waals surface area (Å²) in [6.07, 6.45) is 2.95. The van der Waals surface area contributed by atoms with Crippen LogP contribution in [0.15, 0.2) is 73.3 Å². The summed E-state index contributed by atoms with van der Waals surface area (Å²) in [5.74, 6) is -10.8. The lowest BCUT2D eigenvalue weighted by Crippen LogP contribution is -2.61. The molecule has 0 bridgehead atoms. The van der Waals surface area contributed by atoms with Crippen molar-refractivity contribution in [3.8, 4) is 0 Å². The first kappa shape index (κ1) is 66.4. The van der Waals surface area contributed by atoms with Crippen LogP contribution in [0, 0.1) is 10.8 Å². The van der Waals surface area contributed by atoms with Crippen molar-refractivity contribution in [1.29, 1.82) is 10.8 Å². The van der Waals surface area contributed by atoms with Gasteiger partial charge in [0.15, 0.2) is 11.9 Å². The van der Waals surface area contributed by atoms with Crippen LogP contribution in [-0.2, 0) is 67.2 Å². The first-order valence-electron chi connectivity index (χ1n) is 26.7. The highest BCUT2D eigenvalue weighted by atomic mass is 32.1. The Morgan fingerprint density at radius 3 is 1.74 bits per heavy atom. The monoisotopic (exact) mass is 1220 g/mol. The molecule has 1 aliphatic heterocycles. The molecule has 2 aromatic carbocycles. The second-order valence-electron chi connectivity index (χ2n) is 19.6. The van der Waals surface area contributed by atoms with E-state index >= 15 is 0 Å². The molecule has 85 heavy (non-hydrogen) atoms. The highest BCUT2D eigenvalue weighted by molar-refractivity contribution is 7.80. The first-order chi connectivity index (χ1) is 40.6. The van der Waals surface area contributed by atoms with Crippen molar-refractivity contribution in [2.45, 2.75) is 106 Å². The number of benzene rings is 2. The summed E-state index contributed by atoms with van der Waals surface area (Å²) in [5, 5.41) is 50.8. The van der Waals surface area contributed by atoms with Gasteiger partial charge in [0.25, 0.3) is 5.91 Å². The molecule has 0 radical (unpaired) electrons. The fraction of sp³-hybridized carbons (Fsp3) is 0.423. The van der Waals surface area contributed by atoms with Crippen molar-refractivity contribution in [1.82, 2.24) is 73.0 Å². The summed E-state index contributed by atoms with van der Waals surface area (Å²) in [6, 6.07) is 3.41. The number of hydrogen-bond acceptors (Lipinski definition) is 16. The highest BCUT2D eigenvalue weighted by Crippen LogP contribution is 2.20. The number of guanidine groups is 2. The van der Waals surface area contributed by atoms with E-state index in [1.807, 2.05) is 6.07 Å². The first-order valence-corrected chi connectivity index (χ1v) is 28.0. The number of aromatic nitrogens is 3. The molecular formula is C52H71N19O12S2. The Morgan fingerprint density at radius 2 is 1.16 bits per heavy atom. The zero-order valence-corrected chi connectivity index (χ0v) is 47.7. The van der Waals surface area contributed by atoms with Crippen LogP contribution >= 0.6 is 25.3 Å². The lowest BCUT2D eigenvalue weighted by molar-refractivity contribution is -0.138. The average molecular weight is 1220 g/mol. The van der Waals surface area contributed by atoms with Gasteiger partial charge >= 0.3 is 12.0 Å². The van der Waals surface area contributed by atoms with Gasteiger partial charge in [0.1, 0.15) is 54.9 Å². The zero-order chi connectivity index (χ0) is 62.2. The number of carboxylic acids is 1. The third-order valence-corrected chi connectivity index (χ3v) is 14.0. The number of carboxylic acid groups (broad SMARTS) is 1. The van der Waals surface area contributed by atoms with Crippen molar-refractivity contribution < 1.29 is 57.8 Å². The molecule has 458 valence electrons. The fourth-order valence-electron chi connectivity index (χ4n) is 8.82. The number of aromatic amines is 2. The number of aliphatic carboxylic acids is 1. The van der Waals surface area contributed by atoms with Crippen LogP contribution in [0.3, 0.4) is 0 Å². The molecule has 11 amide bonds. The zero-order valence-electron chi connectivity index (χ0n) is 45.9. The second kappa shape index (κ2) is 33.0. The SMILES string of the molecule is N=C(N)NCCC[C@H](NC(=O)[C@@H](Cc1ccccc1)NC(=O)[C@H](Cc1cnc[nH]1)NC(=O)[C@H](CCC(=O)O)NC(=O)[C@H](CS)NC(=O)CN1C(=O)N[C@H](CCCNC(=N)N)C1=O)C(=O)N[C@@H](Cc1c[nH]c2ccccc12)C(=O)N[C@@H](CS)C(N)=O. The molecule has 3 heterocycles. The van der Waals surface area contributed by atoms with Crippen LogP contribution in [-0.4, -0.2) is 182 Å². The summed E-state index contributed by atoms with van der Waals surface area (Å²) < 4.78 is 0. The number of nitrogens with one attached hydrogen (secondary N) is 14. The molecule has 2 aromatic heterocycles. The number of imidazole rings is 1. The second-order valence-corrected chi connectivity index (χ2v) is 20.3. The Hall–Kier alpha value is -9.40. The largest absolute Gasteiger partial charge is 0.481 e. The Morgan fingerprint density at radius 1 is 0.635 bits per heavy atom. The number of imide groups is 1. The summed E-state index contributed by atoms with van der Waals surface area (Å²) in [4.78, 5) is 159. The van der Waals surface area contributed by atoms with Gasteiger partial charge in [-0.15, -0.1) is 0 Å². The van der Waals surface area contributed by atoms with Crippen molar-refractivity contribution in [3.05, 3.63) is 90.1 Å². The summed E-state index contributed by atoms with van der Waals surface area (Å²) in [7, 11) is 0. The number of H-pyrrole nitrogens is 2. The standard InChI is InChI=1S/C52H71N19O12S2/c53-42(75)38(24-84)69-46(79)36(19-28-21-61-31-11-5-4-10-30(28)31)67-43(76)32(12-6-16-59-50(54)55)64-45(78)35(18-27-8-2-1-3-9-27)66-47(80)37(20-29-22-58-26-62-29)68-44(77)33(14-15-41(73)74)65-48(81)39(25-85)63-40(72)23-71-49(82)34(70-52(71)83)13-7-17-60-51(56)57/h1-5,8-11,21-22,26,32-39,61,84-85H,6-7,12-20,23-25H2,(H2,53,75)(H,58,62)(H,63,72)(H,64,78)(H,65,81)(H,66,80)(H,67,76)(H,68,77)(H,69,79)(H,70,83)(H,73,74)(H4,54,55,59)(H4,56,57,60)/t32-,33-,34+,35+,36-,37-,38-,39-/m0/s1. The molecule has 1 fully saturated rings. The predicted octanol–water partition coefficient (Wildman–Crippen LogP) is -4.03. The molecule has 0 aliphatic carbocycles. The lowest BCUT2D eigenvalue weighted by atomic mass is 10.0. The van der Waals surface area contributed by atoms with Crippen molar-refractivity contribution in [2.75, 3.05) is 31.1 Å². The predicted molar refractivity (Wildman–Crippen MR) is 314 cm³/mol. The Kier molecular flexibility index (Phi) is 25.8. The highest BCUT2D eigenvalue weighted by Gasteiger charge is 2.40. The lowest BCUT2D eigenvalue weighted by Gasteiger charge is -2.28. The number of carbonyl (C=O) groups is 11. The molecule has 33 heteroatoms. The minimum absolute atomic E-state index is 0.0688. The number of hydrogen-bond donors (Lipinski definition) is 20. The smallest absolute Gasteiger partial charge is 0.325 e. The molecule has 1 aliphatic rings. The number of carbonyl (C=O) groups excluding carboxylic acids is 10. The molecule has 5 rings (SSSR count). The van der Waals surface area contributed by atoms with Crippen LogP contribution < -0.4 is 70.4 Å². The fourth-order valence-corrected chi connectivity index (χ4v) is 9.35. The number of amides is 11. The van der Waals surface area contributed by atoms with E-state index in [0.717, 1.165) is 10.9 Å². The van der Waals surface area contributed by atoms with Gasteiger partial charge in [-0.1, -0.05) is 48.5 Å². The molecule has 0 spiro atoms. The van der Waals surface area contributed by atoms with Gasteiger partial charge in [-0.05, 0) is 49.3 Å². The minimum Gasteiger partial charge on any atom is -0.481 e. The summed E-state index contributed by atoms with van der Waals surface area (Å²) >= 11 is 8.31. The Balaban J connectivity index is 1.37. The van der Waals surface area contributed by atoms with Gasteiger partial charge in [0.05, 0.1) is 6.33 Å². The third-order valence-electron chi connectivity index (χ3n) is 13.2. The number of primary amides is 1. The Bertz CT molecular complexity index is 3040. The number of thiol groups is 2. The molecule has 0 unspecified atom stereocenters. The molecule has 31 nitrogen and oxygen atoms in total. The molecular weight excluding hydrogens is 1150 g/mol. The summed E-state index contributed by atoms with van der Waals surface area (Å²) in [6.45, 7) is -0.502. The van der Waals surface area contributed by atoms with E-state index in [4.69, 9.17) is 28.0 Å². The number of nitrogens with two attached hydrogens (primary N) is 3. The maximum atomic E-state index is 14.7. The maximum absolute atomic E-state index is 14.7. The van der Waals surface area contributed by atoms with Gasteiger partial charge in [0, 0.05) is 79.3 Å². The number of urea groups is 1.